The van der Waals surface area contributed by atoms with Crippen molar-refractivity contribution >= 4 is 5.69 Å². The molecule has 2 nitrogen and oxygen atoms in total. The third-order valence-corrected chi connectivity index (χ3v) is 3.35. The molecule has 110 valence electrons. The fourth-order valence-corrected chi connectivity index (χ4v) is 2.29. The molecule has 1 aromatic rings. The van der Waals surface area contributed by atoms with Crippen LogP contribution in [0.1, 0.15) is 25.0 Å². The van der Waals surface area contributed by atoms with Crippen LogP contribution in [-0.4, -0.2) is 24.4 Å². The average molecular weight is 289 g/mol. The molecule has 0 spiro atoms. The predicted octanol–water partition coefficient (Wildman–Crippen LogP) is 3.58. The van der Waals surface area contributed by atoms with Crippen molar-refractivity contribution in [3.8, 4) is 0 Å². The molecule has 2 rings (SSSR count). The molecule has 0 fully saturated rings. The fourth-order valence-electron chi connectivity index (χ4n) is 2.29. The Labute approximate surface area is 114 Å². The molecule has 0 saturated heterocycles. The zero-order valence-electron chi connectivity index (χ0n) is 10.9. The van der Waals surface area contributed by atoms with Gasteiger partial charge in [0.2, 0.25) is 0 Å². The highest BCUT2D eigenvalue weighted by atomic mass is 19.4. The highest BCUT2D eigenvalue weighted by Gasteiger charge is 2.35. The minimum absolute atomic E-state index is 0.0974. The van der Waals surface area contributed by atoms with Crippen molar-refractivity contribution in [2.75, 3.05) is 18.0 Å². The Morgan fingerprint density at radius 2 is 2.00 bits per heavy atom. The van der Waals surface area contributed by atoms with Crippen molar-refractivity contribution in [3.05, 3.63) is 41.2 Å². The van der Waals surface area contributed by atoms with Gasteiger partial charge in [0, 0.05) is 29.9 Å². The summed E-state index contributed by atoms with van der Waals surface area (Å²) in [6, 6.07) is 3.94. The third-order valence-electron chi connectivity index (χ3n) is 3.35. The van der Waals surface area contributed by atoms with Crippen molar-refractivity contribution in [1.82, 2.24) is 0 Å². The van der Waals surface area contributed by atoms with E-state index in [1.54, 1.807) is 4.90 Å². The van der Waals surface area contributed by atoms with E-state index in [0.717, 1.165) is 6.08 Å². The molecule has 0 saturated carbocycles. The number of aliphatic hydroxyl groups excluding tert-OH is 1. The van der Waals surface area contributed by atoms with Gasteiger partial charge in [0.15, 0.2) is 0 Å². The maximum Gasteiger partial charge on any atom is 0.412 e. The molecule has 0 aromatic heterocycles. The lowest BCUT2D eigenvalue weighted by atomic mass is 10.0. The lowest BCUT2D eigenvalue weighted by molar-refractivity contribution is -0.0944. The molecular weight excluding hydrogens is 274 g/mol. The maximum absolute atomic E-state index is 13.2. The van der Waals surface area contributed by atoms with Crippen molar-refractivity contribution < 1.29 is 22.7 Å². The predicted molar refractivity (Wildman–Crippen MR) is 68.0 cm³/mol. The van der Waals surface area contributed by atoms with Gasteiger partial charge in [-0.3, -0.25) is 0 Å². The van der Waals surface area contributed by atoms with Gasteiger partial charge in [0.05, 0.1) is 6.10 Å². The maximum atomic E-state index is 13.2. The molecule has 1 N–H and O–H groups in total. The molecule has 20 heavy (non-hydrogen) atoms. The summed E-state index contributed by atoms with van der Waals surface area (Å²) in [5.41, 5.74) is 0.419. The Bertz CT molecular complexity index is 522. The molecule has 1 aliphatic rings. The van der Waals surface area contributed by atoms with E-state index < -0.39 is 23.7 Å². The number of alkyl halides is 3. The first-order valence-electron chi connectivity index (χ1n) is 6.27. The van der Waals surface area contributed by atoms with Crippen LogP contribution < -0.4 is 4.90 Å². The van der Waals surface area contributed by atoms with Crippen LogP contribution in [0.4, 0.5) is 23.2 Å². The normalized spacial score (nSPS) is 17.9. The van der Waals surface area contributed by atoms with Crippen molar-refractivity contribution in [3.63, 3.8) is 0 Å². The minimum atomic E-state index is -4.29. The van der Waals surface area contributed by atoms with Crippen molar-refractivity contribution in [2.24, 2.45) is 0 Å². The molecule has 0 amide bonds. The second-order valence-corrected chi connectivity index (χ2v) is 4.80. The Kier molecular flexibility index (Phi) is 4.04. The van der Waals surface area contributed by atoms with Crippen molar-refractivity contribution in [2.45, 2.75) is 25.6 Å². The number of anilines is 1. The van der Waals surface area contributed by atoms with E-state index in [1.807, 2.05) is 0 Å². The van der Waals surface area contributed by atoms with E-state index in [2.05, 4.69) is 0 Å². The third kappa shape index (κ3) is 3.12. The number of hydrogen-bond acceptors (Lipinski definition) is 2. The molecule has 1 heterocycles. The number of rotatable bonds is 2. The first-order chi connectivity index (χ1) is 9.29. The zero-order chi connectivity index (χ0) is 14.9. The Balaban J connectivity index is 2.25. The molecule has 0 radical (unpaired) electrons. The monoisotopic (exact) mass is 289 g/mol. The fraction of sp³-hybridized carbons (Fsp3) is 0.429. The number of benzene rings is 1. The Morgan fingerprint density at radius 1 is 1.30 bits per heavy atom. The summed E-state index contributed by atoms with van der Waals surface area (Å²) in [7, 11) is 0. The molecule has 0 unspecified atom stereocenters. The quantitative estimate of drug-likeness (QED) is 0.664. The summed E-state index contributed by atoms with van der Waals surface area (Å²) in [5, 5.41) is 9.65. The topological polar surface area (TPSA) is 23.5 Å². The smallest absolute Gasteiger partial charge is 0.389 e. The Morgan fingerprint density at radius 3 is 2.50 bits per heavy atom. The van der Waals surface area contributed by atoms with Gasteiger partial charge < -0.3 is 10.0 Å². The zero-order valence-corrected chi connectivity index (χ0v) is 10.9. The van der Waals surface area contributed by atoms with E-state index in [9.17, 15) is 22.7 Å². The van der Waals surface area contributed by atoms with Crippen LogP contribution in [0.5, 0.6) is 0 Å². The SMILES string of the molecule is C[C@@H](O)c1cc(F)ccc1N1CC=C(C(F)(F)F)CC1. The molecule has 1 aliphatic heterocycles. The lowest BCUT2D eigenvalue weighted by Crippen LogP contribution is -2.32. The standard InChI is InChI=1S/C14H15F4NO/c1-9(20)12-8-11(15)2-3-13(12)19-6-4-10(5-7-19)14(16,17)18/h2-4,8-9,20H,5-7H2,1H3/t9-/m1/s1. The lowest BCUT2D eigenvalue weighted by Gasteiger charge is -2.31. The second-order valence-electron chi connectivity index (χ2n) is 4.80. The van der Waals surface area contributed by atoms with Crippen LogP contribution in [0, 0.1) is 5.82 Å². The molecule has 0 bridgehead atoms. The summed E-state index contributed by atoms with van der Waals surface area (Å²) >= 11 is 0. The number of halogens is 4. The van der Waals surface area contributed by atoms with Gasteiger partial charge in [0.25, 0.3) is 0 Å². The highest BCUT2D eigenvalue weighted by Crippen LogP contribution is 2.33. The summed E-state index contributed by atoms with van der Waals surface area (Å²) in [5.74, 6) is -0.479. The number of aliphatic hydroxyl groups is 1. The van der Waals surface area contributed by atoms with Gasteiger partial charge >= 0.3 is 6.18 Å². The molecule has 6 heteroatoms. The number of hydrogen-bond donors (Lipinski definition) is 1. The van der Waals surface area contributed by atoms with Crippen LogP contribution in [0.2, 0.25) is 0 Å². The van der Waals surface area contributed by atoms with Crippen LogP contribution in [0.15, 0.2) is 29.8 Å². The van der Waals surface area contributed by atoms with Crippen LogP contribution in [-0.2, 0) is 0 Å². The highest BCUT2D eigenvalue weighted by molar-refractivity contribution is 5.56. The number of nitrogens with zero attached hydrogens (tertiary/aromatic N) is 1. The summed E-state index contributed by atoms with van der Waals surface area (Å²) in [6.45, 7) is 1.79. The van der Waals surface area contributed by atoms with Crippen LogP contribution >= 0.6 is 0 Å². The van der Waals surface area contributed by atoms with Crippen LogP contribution in [0.3, 0.4) is 0 Å². The summed E-state index contributed by atoms with van der Waals surface area (Å²) < 4.78 is 50.9. The first kappa shape index (κ1) is 14.8. The van der Waals surface area contributed by atoms with E-state index in [4.69, 9.17) is 0 Å². The Hall–Kier alpha value is -1.56. The van der Waals surface area contributed by atoms with Gasteiger partial charge in [-0.2, -0.15) is 13.2 Å². The average Bonchev–Trinajstić information content (AvgIpc) is 2.37. The van der Waals surface area contributed by atoms with E-state index >= 15 is 0 Å². The van der Waals surface area contributed by atoms with E-state index in [1.165, 1.54) is 25.1 Å². The van der Waals surface area contributed by atoms with Gasteiger partial charge in [-0.05, 0) is 31.5 Å². The van der Waals surface area contributed by atoms with E-state index in [-0.39, 0.29) is 19.5 Å². The minimum Gasteiger partial charge on any atom is -0.389 e. The summed E-state index contributed by atoms with van der Waals surface area (Å²) in [4.78, 5) is 1.71. The van der Waals surface area contributed by atoms with E-state index in [0.29, 0.717) is 11.3 Å². The van der Waals surface area contributed by atoms with Crippen LogP contribution in [0.25, 0.3) is 0 Å². The molecule has 1 atom stereocenters. The first-order valence-corrected chi connectivity index (χ1v) is 6.27. The van der Waals surface area contributed by atoms with Gasteiger partial charge in [-0.1, -0.05) is 6.08 Å². The molecule has 0 aliphatic carbocycles. The molecular formula is C14H15F4NO. The second kappa shape index (κ2) is 5.44. The van der Waals surface area contributed by atoms with Gasteiger partial charge in [-0.25, -0.2) is 4.39 Å². The largest absolute Gasteiger partial charge is 0.412 e. The summed E-state index contributed by atoms with van der Waals surface area (Å²) in [6.07, 6.45) is -4.14. The van der Waals surface area contributed by atoms with Gasteiger partial charge in [0.1, 0.15) is 5.82 Å². The molecule has 1 aromatic carbocycles. The van der Waals surface area contributed by atoms with Gasteiger partial charge in [-0.15, -0.1) is 0 Å². The van der Waals surface area contributed by atoms with Crippen molar-refractivity contribution in [1.29, 1.82) is 0 Å².